The Kier molecular flexibility index (Phi) is 4.15. The highest BCUT2D eigenvalue weighted by atomic mass is 35.5. The Morgan fingerprint density at radius 2 is 2.00 bits per heavy atom. The zero-order valence-corrected chi connectivity index (χ0v) is 9.34. The lowest BCUT2D eigenvalue weighted by molar-refractivity contribution is -0.108. The Balaban J connectivity index is 3.09. The highest BCUT2D eigenvalue weighted by Gasteiger charge is 2.06. The number of rotatable bonds is 4. The Labute approximate surface area is 90.1 Å². The first-order valence-electron chi connectivity index (χ1n) is 4.85. The third-order valence-corrected chi connectivity index (χ3v) is 2.68. The topological polar surface area (TPSA) is 17.1 Å². The van der Waals surface area contributed by atoms with Crippen molar-refractivity contribution in [1.29, 1.82) is 0 Å². The molecular weight excluding hydrogens is 196 g/mol. The third kappa shape index (κ3) is 2.58. The molecule has 0 aliphatic heterocycles. The molecule has 0 aromatic heterocycles. The van der Waals surface area contributed by atoms with Crippen molar-refractivity contribution in [2.75, 3.05) is 0 Å². The first-order valence-corrected chi connectivity index (χ1v) is 5.38. The van der Waals surface area contributed by atoms with E-state index in [0.29, 0.717) is 5.88 Å². The average molecular weight is 211 g/mol. The van der Waals surface area contributed by atoms with Crippen molar-refractivity contribution in [1.82, 2.24) is 0 Å². The smallest absolute Gasteiger partial charge is 0.127 e. The van der Waals surface area contributed by atoms with Gasteiger partial charge in [-0.05, 0) is 23.1 Å². The molecule has 0 radical (unpaired) electrons. The Bertz CT molecular complexity index is 298. The zero-order valence-electron chi connectivity index (χ0n) is 8.59. The molecule has 0 spiro atoms. The molecule has 0 saturated carbocycles. The summed E-state index contributed by atoms with van der Waals surface area (Å²) in [5.74, 6) is 0.468. The van der Waals surface area contributed by atoms with Gasteiger partial charge in [0.15, 0.2) is 0 Å². The maximum atomic E-state index is 10.7. The van der Waals surface area contributed by atoms with Crippen LogP contribution >= 0.6 is 11.6 Å². The van der Waals surface area contributed by atoms with E-state index >= 15 is 0 Å². The normalized spacial score (nSPS) is 12.5. The van der Waals surface area contributed by atoms with E-state index in [2.05, 4.69) is 19.1 Å². The van der Waals surface area contributed by atoms with E-state index < -0.39 is 0 Å². The molecule has 0 fully saturated rings. The van der Waals surface area contributed by atoms with Crippen molar-refractivity contribution in [2.24, 2.45) is 0 Å². The van der Waals surface area contributed by atoms with Crippen LogP contribution in [0.2, 0.25) is 0 Å². The summed E-state index contributed by atoms with van der Waals surface area (Å²) in [6.07, 6.45) is 1.94. The number of alkyl halides is 1. The lowest BCUT2D eigenvalue weighted by atomic mass is 9.97. The second-order valence-corrected chi connectivity index (χ2v) is 3.76. The lowest BCUT2D eigenvalue weighted by Gasteiger charge is -2.09. The van der Waals surface area contributed by atoms with Gasteiger partial charge in [0.1, 0.15) is 6.29 Å². The molecule has 0 saturated heterocycles. The second kappa shape index (κ2) is 5.16. The fraction of sp³-hybridized carbons (Fsp3) is 0.417. The molecule has 1 atom stereocenters. The molecule has 0 N–H and O–H groups in total. The predicted octanol–water partition coefficient (Wildman–Crippen LogP) is 3.29. The molecule has 76 valence electrons. The van der Waals surface area contributed by atoms with Gasteiger partial charge >= 0.3 is 0 Å². The van der Waals surface area contributed by atoms with Crippen LogP contribution in [0.1, 0.15) is 36.5 Å². The minimum Gasteiger partial charge on any atom is -0.303 e. The molecule has 0 bridgehead atoms. The van der Waals surface area contributed by atoms with Gasteiger partial charge < -0.3 is 4.79 Å². The summed E-state index contributed by atoms with van der Waals surface area (Å²) in [6.45, 7) is 4.00. The van der Waals surface area contributed by atoms with E-state index in [1.54, 1.807) is 0 Å². The van der Waals surface area contributed by atoms with Crippen LogP contribution in [0, 0.1) is 0 Å². The summed E-state index contributed by atoms with van der Waals surface area (Å²) in [7, 11) is 0. The van der Waals surface area contributed by atoms with Crippen molar-refractivity contribution >= 4 is 17.9 Å². The van der Waals surface area contributed by atoms with Gasteiger partial charge in [0.25, 0.3) is 0 Å². The number of hydrogen-bond acceptors (Lipinski definition) is 1. The molecule has 0 aliphatic rings. The molecule has 1 nitrogen and oxygen atoms in total. The summed E-state index contributed by atoms with van der Waals surface area (Å²) >= 11 is 5.79. The van der Waals surface area contributed by atoms with Gasteiger partial charge in [-0.1, -0.05) is 32.0 Å². The predicted molar refractivity (Wildman–Crippen MR) is 59.9 cm³/mol. The van der Waals surface area contributed by atoms with E-state index in [0.717, 1.165) is 23.8 Å². The SMILES string of the molecule is CCc1cc(CCl)cc(C(C)C=O)c1. The van der Waals surface area contributed by atoms with Gasteiger partial charge in [0, 0.05) is 11.8 Å². The molecule has 0 amide bonds. The van der Waals surface area contributed by atoms with Crippen molar-refractivity contribution < 1.29 is 4.79 Å². The fourth-order valence-electron chi connectivity index (χ4n) is 1.41. The summed E-state index contributed by atoms with van der Waals surface area (Å²) in [4.78, 5) is 10.7. The molecule has 1 rings (SSSR count). The van der Waals surface area contributed by atoms with Crippen molar-refractivity contribution in [3.8, 4) is 0 Å². The van der Waals surface area contributed by atoms with Crippen LogP contribution in [0.5, 0.6) is 0 Å². The molecule has 1 unspecified atom stereocenters. The van der Waals surface area contributed by atoms with Crippen LogP contribution < -0.4 is 0 Å². The number of hydrogen-bond donors (Lipinski definition) is 0. The monoisotopic (exact) mass is 210 g/mol. The van der Waals surface area contributed by atoms with Crippen LogP contribution in [-0.4, -0.2) is 6.29 Å². The molecular formula is C12H15ClO. The van der Waals surface area contributed by atoms with Crippen molar-refractivity contribution in [2.45, 2.75) is 32.1 Å². The maximum Gasteiger partial charge on any atom is 0.127 e. The Hall–Kier alpha value is -0.820. The number of benzene rings is 1. The van der Waals surface area contributed by atoms with E-state index in [-0.39, 0.29) is 5.92 Å². The fourth-order valence-corrected chi connectivity index (χ4v) is 1.57. The lowest BCUT2D eigenvalue weighted by Crippen LogP contribution is -1.97. The molecule has 2 heteroatoms. The third-order valence-electron chi connectivity index (χ3n) is 2.37. The maximum absolute atomic E-state index is 10.7. The molecule has 0 aliphatic carbocycles. The first-order chi connectivity index (χ1) is 6.71. The van der Waals surface area contributed by atoms with Gasteiger partial charge in [0.05, 0.1) is 0 Å². The molecule has 1 aromatic carbocycles. The Morgan fingerprint density at radius 1 is 1.36 bits per heavy atom. The van der Waals surface area contributed by atoms with Crippen LogP contribution in [-0.2, 0) is 17.1 Å². The van der Waals surface area contributed by atoms with E-state index in [9.17, 15) is 4.79 Å². The largest absolute Gasteiger partial charge is 0.303 e. The minimum absolute atomic E-state index is 0.0385. The van der Waals surface area contributed by atoms with Crippen LogP contribution in [0.15, 0.2) is 18.2 Å². The highest BCUT2D eigenvalue weighted by molar-refractivity contribution is 6.17. The van der Waals surface area contributed by atoms with E-state index in [1.807, 2.05) is 13.0 Å². The van der Waals surface area contributed by atoms with Gasteiger partial charge in [0.2, 0.25) is 0 Å². The van der Waals surface area contributed by atoms with Crippen LogP contribution in [0.3, 0.4) is 0 Å². The van der Waals surface area contributed by atoms with Gasteiger partial charge in [-0.2, -0.15) is 0 Å². The van der Waals surface area contributed by atoms with Gasteiger partial charge in [-0.25, -0.2) is 0 Å². The minimum atomic E-state index is -0.0385. The summed E-state index contributed by atoms with van der Waals surface area (Å²) < 4.78 is 0. The van der Waals surface area contributed by atoms with E-state index in [1.165, 1.54) is 5.56 Å². The second-order valence-electron chi connectivity index (χ2n) is 3.49. The standard InChI is InChI=1S/C12H15ClO/c1-3-10-4-11(7-13)6-12(5-10)9(2)8-14/h4-6,8-9H,3,7H2,1-2H3. The summed E-state index contributed by atoms with van der Waals surface area (Å²) in [5.41, 5.74) is 3.40. The van der Waals surface area contributed by atoms with Crippen molar-refractivity contribution in [3.05, 3.63) is 34.9 Å². The Morgan fingerprint density at radius 3 is 2.50 bits per heavy atom. The van der Waals surface area contributed by atoms with E-state index in [4.69, 9.17) is 11.6 Å². The summed E-state index contributed by atoms with van der Waals surface area (Å²) in [5, 5.41) is 0. The van der Waals surface area contributed by atoms with Crippen molar-refractivity contribution in [3.63, 3.8) is 0 Å². The first kappa shape index (κ1) is 11.3. The quantitative estimate of drug-likeness (QED) is 0.551. The number of aldehydes is 1. The number of carbonyl (C=O) groups excluding carboxylic acids is 1. The van der Waals surface area contributed by atoms with Crippen LogP contribution in [0.4, 0.5) is 0 Å². The highest BCUT2D eigenvalue weighted by Crippen LogP contribution is 2.19. The average Bonchev–Trinajstić information content (AvgIpc) is 2.27. The van der Waals surface area contributed by atoms with Crippen LogP contribution in [0.25, 0.3) is 0 Å². The summed E-state index contributed by atoms with van der Waals surface area (Å²) in [6, 6.07) is 6.17. The van der Waals surface area contributed by atoms with Gasteiger partial charge in [-0.3, -0.25) is 0 Å². The number of aryl methyl sites for hydroxylation is 1. The number of carbonyl (C=O) groups is 1. The molecule has 1 aromatic rings. The van der Waals surface area contributed by atoms with Gasteiger partial charge in [-0.15, -0.1) is 11.6 Å². The number of halogens is 1. The molecule has 0 heterocycles. The zero-order chi connectivity index (χ0) is 10.6. The molecule has 14 heavy (non-hydrogen) atoms.